The molecule has 0 bridgehead atoms. The lowest BCUT2D eigenvalue weighted by atomic mass is 9.95. The van der Waals surface area contributed by atoms with Gasteiger partial charge in [-0.15, -0.1) is 0 Å². The lowest BCUT2D eigenvalue weighted by molar-refractivity contribution is -0.136. The van der Waals surface area contributed by atoms with Gasteiger partial charge >= 0.3 is 0 Å². The van der Waals surface area contributed by atoms with Gasteiger partial charge in [0.15, 0.2) is 5.75 Å². The van der Waals surface area contributed by atoms with Gasteiger partial charge in [-0.3, -0.25) is 9.78 Å². The van der Waals surface area contributed by atoms with Crippen LogP contribution in [-0.4, -0.2) is 67.2 Å². The van der Waals surface area contributed by atoms with E-state index in [1.807, 2.05) is 24.1 Å². The predicted octanol–water partition coefficient (Wildman–Crippen LogP) is 2.36. The molecule has 2 fully saturated rings. The number of aromatic nitrogens is 2. The normalized spacial score (nSPS) is 18.1. The highest BCUT2D eigenvalue weighted by molar-refractivity contribution is 5.79. The maximum atomic E-state index is 13.0. The quantitative estimate of drug-likeness (QED) is 0.792. The number of anilines is 2. The Labute approximate surface area is 172 Å². The molecule has 2 aromatic rings. The summed E-state index contributed by atoms with van der Waals surface area (Å²) in [7, 11) is 1.67. The van der Waals surface area contributed by atoms with E-state index in [0.717, 1.165) is 69.4 Å². The average molecular weight is 396 g/mol. The number of amides is 1. The third-order valence-corrected chi connectivity index (χ3v) is 5.98. The third kappa shape index (κ3) is 4.28. The molecule has 0 aromatic carbocycles. The first-order valence-electron chi connectivity index (χ1n) is 10.3. The van der Waals surface area contributed by atoms with Gasteiger partial charge in [0, 0.05) is 57.6 Å². The average Bonchev–Trinajstić information content (AvgIpc) is 2.79. The van der Waals surface area contributed by atoms with Crippen molar-refractivity contribution in [3.8, 4) is 5.75 Å². The number of carbonyl (C=O) groups excluding carboxylic acids is 1. The molecule has 0 atom stereocenters. The van der Waals surface area contributed by atoms with Gasteiger partial charge in [-0.1, -0.05) is 6.07 Å². The first-order chi connectivity index (χ1) is 14.2. The zero-order valence-electron chi connectivity index (χ0n) is 17.3. The van der Waals surface area contributed by atoms with Crippen LogP contribution in [-0.2, 0) is 4.79 Å². The fraction of sp³-hybridized carbons (Fsp3) is 0.500. The summed E-state index contributed by atoms with van der Waals surface area (Å²) in [5.41, 5.74) is 2.22. The number of ether oxygens (including phenoxy) is 1. The molecule has 29 heavy (non-hydrogen) atoms. The van der Waals surface area contributed by atoms with Crippen LogP contribution in [0.15, 0.2) is 36.8 Å². The Morgan fingerprint density at radius 1 is 1.00 bits per heavy atom. The van der Waals surface area contributed by atoms with Crippen LogP contribution in [0.2, 0.25) is 0 Å². The molecule has 7 heteroatoms. The minimum Gasteiger partial charge on any atom is -0.493 e. The van der Waals surface area contributed by atoms with Crippen LogP contribution in [0.3, 0.4) is 0 Å². The molecule has 0 radical (unpaired) electrons. The van der Waals surface area contributed by atoms with Crippen LogP contribution in [0.25, 0.3) is 0 Å². The van der Waals surface area contributed by atoms with Crippen molar-refractivity contribution in [2.24, 2.45) is 5.92 Å². The van der Waals surface area contributed by atoms with Crippen molar-refractivity contribution in [3.63, 3.8) is 0 Å². The number of rotatable bonds is 4. The molecule has 0 aliphatic carbocycles. The first-order valence-corrected chi connectivity index (χ1v) is 10.3. The van der Waals surface area contributed by atoms with Crippen molar-refractivity contribution in [2.75, 3.05) is 56.2 Å². The van der Waals surface area contributed by atoms with Crippen molar-refractivity contribution in [3.05, 3.63) is 42.4 Å². The molecule has 0 N–H and O–H groups in total. The van der Waals surface area contributed by atoms with Crippen LogP contribution in [0.4, 0.5) is 11.5 Å². The lowest BCUT2D eigenvalue weighted by Gasteiger charge is -2.39. The number of hydrogen-bond acceptors (Lipinski definition) is 6. The van der Waals surface area contributed by atoms with E-state index >= 15 is 0 Å². The minimum atomic E-state index is 0.124. The number of aryl methyl sites for hydroxylation is 1. The van der Waals surface area contributed by atoms with Gasteiger partial charge < -0.3 is 19.4 Å². The van der Waals surface area contributed by atoms with Gasteiger partial charge in [0.1, 0.15) is 5.82 Å². The van der Waals surface area contributed by atoms with Gasteiger partial charge in [0.25, 0.3) is 0 Å². The summed E-state index contributed by atoms with van der Waals surface area (Å²) in [6, 6.07) is 6.14. The van der Waals surface area contributed by atoms with E-state index in [1.54, 1.807) is 19.5 Å². The highest BCUT2D eigenvalue weighted by Crippen LogP contribution is 2.28. The van der Waals surface area contributed by atoms with Crippen molar-refractivity contribution >= 4 is 17.4 Å². The smallest absolute Gasteiger partial charge is 0.225 e. The van der Waals surface area contributed by atoms with Crippen LogP contribution in [0, 0.1) is 12.8 Å². The lowest BCUT2D eigenvalue weighted by Crippen LogP contribution is -2.51. The molecule has 2 saturated heterocycles. The van der Waals surface area contributed by atoms with Crippen LogP contribution in [0.1, 0.15) is 18.4 Å². The highest BCUT2D eigenvalue weighted by Gasteiger charge is 2.31. The number of carbonyl (C=O) groups is 1. The molecule has 7 nitrogen and oxygen atoms in total. The van der Waals surface area contributed by atoms with Crippen LogP contribution in [0.5, 0.6) is 5.75 Å². The molecule has 0 spiro atoms. The SMILES string of the molecule is COc1cnccc1N1CCN(C(=O)C2CCN(c3ccc(C)cn3)CC2)CC1. The standard InChI is InChI=1S/C22H29N5O2/c1-17-3-4-21(24-15-17)26-9-6-18(7-10-26)22(28)27-13-11-25(12-14-27)19-5-8-23-16-20(19)29-2/h3-5,8,15-16,18H,6-7,9-14H2,1-2H3. The number of nitrogens with zero attached hydrogens (tertiary/aromatic N) is 5. The van der Waals surface area contributed by atoms with Gasteiger partial charge in [-0.25, -0.2) is 4.98 Å². The summed E-state index contributed by atoms with van der Waals surface area (Å²) in [6.45, 7) is 6.97. The Hall–Kier alpha value is -2.83. The maximum Gasteiger partial charge on any atom is 0.225 e. The molecule has 2 aliphatic rings. The van der Waals surface area contributed by atoms with E-state index in [4.69, 9.17) is 4.74 Å². The minimum absolute atomic E-state index is 0.124. The number of piperazine rings is 1. The Morgan fingerprint density at radius 2 is 1.76 bits per heavy atom. The second-order valence-corrected chi connectivity index (χ2v) is 7.81. The molecule has 0 saturated carbocycles. The monoisotopic (exact) mass is 395 g/mol. The molecule has 2 aliphatic heterocycles. The summed E-state index contributed by atoms with van der Waals surface area (Å²) >= 11 is 0. The topological polar surface area (TPSA) is 61.8 Å². The summed E-state index contributed by atoms with van der Waals surface area (Å²) in [6.07, 6.45) is 7.22. The Balaban J connectivity index is 1.29. The van der Waals surface area contributed by atoms with E-state index < -0.39 is 0 Å². The van der Waals surface area contributed by atoms with E-state index in [0.29, 0.717) is 5.91 Å². The fourth-order valence-electron chi connectivity index (χ4n) is 4.22. The van der Waals surface area contributed by atoms with Crippen molar-refractivity contribution in [1.29, 1.82) is 0 Å². The molecular formula is C22H29N5O2. The molecule has 4 rings (SSSR count). The van der Waals surface area contributed by atoms with E-state index in [9.17, 15) is 4.79 Å². The van der Waals surface area contributed by atoms with Gasteiger partial charge in [-0.05, 0) is 37.5 Å². The molecule has 0 unspecified atom stereocenters. The Bertz CT molecular complexity index is 825. The zero-order chi connectivity index (χ0) is 20.2. The zero-order valence-corrected chi connectivity index (χ0v) is 17.3. The Morgan fingerprint density at radius 3 is 2.41 bits per heavy atom. The highest BCUT2D eigenvalue weighted by atomic mass is 16.5. The van der Waals surface area contributed by atoms with Gasteiger partial charge in [0.2, 0.25) is 5.91 Å². The predicted molar refractivity (Wildman–Crippen MR) is 113 cm³/mol. The molecule has 154 valence electrons. The summed E-state index contributed by atoms with van der Waals surface area (Å²) in [5.74, 6) is 2.23. The maximum absolute atomic E-state index is 13.0. The van der Waals surface area contributed by atoms with Gasteiger partial charge in [-0.2, -0.15) is 0 Å². The van der Waals surface area contributed by atoms with Crippen LogP contribution < -0.4 is 14.5 Å². The third-order valence-electron chi connectivity index (χ3n) is 5.98. The van der Waals surface area contributed by atoms with Crippen molar-refractivity contribution < 1.29 is 9.53 Å². The number of pyridine rings is 2. The fourth-order valence-corrected chi connectivity index (χ4v) is 4.22. The van der Waals surface area contributed by atoms with Crippen LogP contribution >= 0.6 is 0 Å². The van der Waals surface area contributed by atoms with E-state index in [1.165, 1.54) is 5.56 Å². The number of methoxy groups -OCH3 is 1. The number of hydrogen-bond donors (Lipinski definition) is 0. The number of piperidine rings is 1. The molecule has 4 heterocycles. The largest absolute Gasteiger partial charge is 0.493 e. The van der Waals surface area contributed by atoms with E-state index in [2.05, 4.69) is 31.9 Å². The first kappa shape index (κ1) is 19.5. The second-order valence-electron chi connectivity index (χ2n) is 7.81. The molecule has 2 aromatic heterocycles. The summed E-state index contributed by atoms with van der Waals surface area (Å²) in [4.78, 5) is 28.3. The second kappa shape index (κ2) is 8.68. The summed E-state index contributed by atoms with van der Waals surface area (Å²) < 4.78 is 5.43. The van der Waals surface area contributed by atoms with Crippen molar-refractivity contribution in [1.82, 2.24) is 14.9 Å². The summed E-state index contributed by atoms with van der Waals surface area (Å²) in [5, 5.41) is 0. The molecule has 1 amide bonds. The van der Waals surface area contributed by atoms with Gasteiger partial charge in [0.05, 0.1) is 19.0 Å². The molecular weight excluding hydrogens is 366 g/mol. The van der Waals surface area contributed by atoms with E-state index in [-0.39, 0.29) is 5.92 Å². The Kier molecular flexibility index (Phi) is 5.83. The van der Waals surface area contributed by atoms with Crippen molar-refractivity contribution in [2.45, 2.75) is 19.8 Å².